The average molecular weight is 86.1 g/mol. The summed E-state index contributed by atoms with van der Waals surface area (Å²) < 4.78 is 9.61. The summed E-state index contributed by atoms with van der Waals surface area (Å²) in [4.78, 5) is 0. The first kappa shape index (κ1) is 5.33. The number of rotatable bonds is 2. The first-order chi connectivity index (χ1) is 2.41. The summed E-state index contributed by atoms with van der Waals surface area (Å²) in [7, 11) is 0. The van der Waals surface area contributed by atoms with Gasteiger partial charge in [-0.1, -0.05) is 0 Å². The summed E-state index contributed by atoms with van der Waals surface area (Å²) in [5.74, 6) is 0. The van der Waals surface area contributed by atoms with Crippen LogP contribution in [0, 0.1) is 0 Å². The van der Waals surface area contributed by atoms with Crippen molar-refractivity contribution in [1.29, 1.82) is 0 Å². The molecule has 0 unspecified atom stereocenters. The van der Waals surface area contributed by atoms with Gasteiger partial charge in [0.05, 0.1) is 0 Å². The molecule has 0 atom stereocenters. The van der Waals surface area contributed by atoms with E-state index in [4.69, 9.17) is 0 Å². The Balaban J connectivity index is 2.40. The van der Waals surface area contributed by atoms with Gasteiger partial charge < -0.3 is 0 Å². The molecule has 0 heterocycles. The molecule has 0 saturated carbocycles. The van der Waals surface area contributed by atoms with Crippen LogP contribution >= 0.6 is 0 Å². The van der Waals surface area contributed by atoms with E-state index < -0.39 is 15.2 Å². The summed E-state index contributed by atoms with van der Waals surface area (Å²) in [6, 6.07) is 0. The molecule has 0 fully saturated rings. The molecule has 0 aliphatic rings. The molecule has 0 aromatic rings. The van der Waals surface area contributed by atoms with Crippen LogP contribution in [0.2, 0.25) is 5.28 Å². The van der Waals surface area contributed by atoms with Gasteiger partial charge in [0, 0.05) is 0 Å². The van der Waals surface area contributed by atoms with Crippen LogP contribution in [0.15, 0.2) is 0 Å². The van der Waals surface area contributed by atoms with Crippen LogP contribution in [0.3, 0.4) is 0 Å². The third-order valence-corrected chi connectivity index (χ3v) is 1.22. The van der Waals surface area contributed by atoms with Gasteiger partial charge in [0.2, 0.25) is 0 Å². The maximum absolute atomic E-state index is 9.61. The van der Waals surface area contributed by atoms with E-state index in [-0.39, 0.29) is 0 Å². The minimum absolute atomic E-state index is 0.464. The third kappa shape index (κ3) is 4.33. The molecule has 2 heteroatoms. The molecular weight excluding hydrogens is 79.0 g/mol. The van der Waals surface area contributed by atoms with Gasteiger partial charge in [0.25, 0.3) is 0 Å². The van der Waals surface area contributed by atoms with Crippen molar-refractivity contribution in [3.05, 3.63) is 0 Å². The third-order valence-electron chi connectivity index (χ3n) is 0.407. The van der Waals surface area contributed by atoms with Crippen LogP contribution in [0.25, 0.3) is 0 Å². The Hall–Kier alpha value is 0.332. The zero-order valence-electron chi connectivity index (χ0n) is 3.40. The summed E-state index contributed by atoms with van der Waals surface area (Å²) >= 11 is -0.464. The van der Waals surface area contributed by atoms with Crippen molar-refractivity contribution >= 4 is 15.2 Å². The van der Waals surface area contributed by atoms with Crippen LogP contribution in [-0.2, 0) is 3.80 Å². The van der Waals surface area contributed by atoms with E-state index >= 15 is 0 Å². The molecule has 0 amide bonds. The molecule has 0 aromatic heterocycles. The van der Waals surface area contributed by atoms with E-state index in [2.05, 4.69) is 0 Å². The summed E-state index contributed by atoms with van der Waals surface area (Å²) in [5.41, 5.74) is 0. The molecule has 0 bridgehead atoms. The fourth-order valence-corrected chi connectivity index (χ4v) is 0.354. The molecule has 0 aromatic carbocycles. The molecule has 0 aliphatic heterocycles. The van der Waals surface area contributed by atoms with Crippen molar-refractivity contribution in [2.45, 2.75) is 18.6 Å². The Bertz CT molecular complexity index is 28.1. The average Bonchev–Trinajstić information content (AvgIpc) is 1.41. The van der Waals surface area contributed by atoms with E-state index in [1.165, 1.54) is 0 Å². The van der Waals surface area contributed by atoms with Gasteiger partial charge in [-0.05, 0) is 0 Å². The van der Waals surface area contributed by atoms with Crippen LogP contribution in [0.5, 0.6) is 0 Å². The molecule has 0 aliphatic carbocycles. The van der Waals surface area contributed by atoms with Gasteiger partial charge in [-0.2, -0.15) is 0 Å². The number of hydrogen-bond donors (Lipinski definition) is 0. The second-order valence-corrected chi connectivity index (χ2v) is 1.87. The molecule has 0 radical (unpaired) electrons. The maximum atomic E-state index is 9.61. The van der Waals surface area contributed by atoms with Crippen molar-refractivity contribution < 1.29 is 3.80 Å². The van der Waals surface area contributed by atoms with Crippen molar-refractivity contribution in [2.24, 2.45) is 0 Å². The quantitative estimate of drug-likeness (QED) is 0.455. The van der Waals surface area contributed by atoms with Crippen molar-refractivity contribution in [3.63, 3.8) is 0 Å². The Morgan fingerprint density at radius 3 is 2.40 bits per heavy atom. The minimum atomic E-state index is -0.464. The Morgan fingerprint density at radius 2 is 2.40 bits per heavy atom. The fraction of sp³-hybridized carbons (Fsp3) is 1.00. The number of hydrogen-bond acceptors (Lipinski definition) is 1. The SMILES string of the molecule is CC[CH2][Al]=[O]. The van der Waals surface area contributed by atoms with Crippen LogP contribution in [0.4, 0.5) is 0 Å². The first-order valence-electron chi connectivity index (χ1n) is 1.85. The normalized spacial score (nSPS) is 6.60. The van der Waals surface area contributed by atoms with Gasteiger partial charge in [0.1, 0.15) is 0 Å². The van der Waals surface area contributed by atoms with Crippen molar-refractivity contribution in [2.75, 3.05) is 0 Å². The van der Waals surface area contributed by atoms with E-state index in [1.54, 1.807) is 0 Å². The Labute approximate surface area is 38.3 Å². The fourth-order valence-electron chi connectivity index (χ4n) is 0.118. The zero-order chi connectivity index (χ0) is 4.12. The molecule has 0 rings (SSSR count). The van der Waals surface area contributed by atoms with E-state index in [1.807, 2.05) is 6.92 Å². The molecule has 1 nitrogen and oxygen atoms in total. The topological polar surface area (TPSA) is 17.1 Å². The molecule has 0 N–H and O–H groups in total. The van der Waals surface area contributed by atoms with Crippen LogP contribution < -0.4 is 0 Å². The predicted molar refractivity (Wildman–Crippen MR) is 21.5 cm³/mol. The Kier molecular flexibility index (Phi) is 4.62. The molecule has 28 valence electrons. The van der Waals surface area contributed by atoms with E-state index in [0.717, 1.165) is 11.7 Å². The van der Waals surface area contributed by atoms with Gasteiger partial charge in [-0.25, -0.2) is 0 Å². The van der Waals surface area contributed by atoms with Gasteiger partial charge in [-0.15, -0.1) is 0 Å². The standard InChI is InChI=1S/C3H7.Al.O/c1-3-2;;/h1,3H2,2H3;;. The monoisotopic (exact) mass is 86.0 g/mol. The summed E-state index contributed by atoms with van der Waals surface area (Å²) in [5, 5.41) is 0.917. The molecule has 0 saturated heterocycles. The van der Waals surface area contributed by atoms with E-state index in [0.29, 0.717) is 0 Å². The second-order valence-electron chi connectivity index (χ2n) is 0.955. The molecule has 0 spiro atoms. The Morgan fingerprint density at radius 1 is 1.80 bits per heavy atom. The van der Waals surface area contributed by atoms with Gasteiger partial charge in [-0.3, -0.25) is 0 Å². The predicted octanol–water partition coefficient (Wildman–Crippen LogP) is 0.864. The van der Waals surface area contributed by atoms with E-state index in [9.17, 15) is 3.80 Å². The first-order valence-corrected chi connectivity index (χ1v) is 3.14. The van der Waals surface area contributed by atoms with Crippen LogP contribution in [-0.4, -0.2) is 15.2 Å². The second kappa shape index (κ2) is 4.33. The van der Waals surface area contributed by atoms with Crippen LogP contribution in [0.1, 0.15) is 13.3 Å². The summed E-state index contributed by atoms with van der Waals surface area (Å²) in [6.07, 6.45) is 1.07. The van der Waals surface area contributed by atoms with Crippen molar-refractivity contribution in [1.82, 2.24) is 0 Å². The molecule has 5 heavy (non-hydrogen) atoms. The molecular formula is C3H7AlO. The van der Waals surface area contributed by atoms with Crippen molar-refractivity contribution in [3.8, 4) is 0 Å². The van der Waals surface area contributed by atoms with Gasteiger partial charge >= 0.3 is 37.6 Å². The van der Waals surface area contributed by atoms with Gasteiger partial charge in [0.15, 0.2) is 0 Å². The summed E-state index contributed by atoms with van der Waals surface area (Å²) in [6.45, 7) is 2.03. The zero-order valence-corrected chi connectivity index (χ0v) is 4.55.